The molecule has 2 heterocycles. The zero-order valence-corrected chi connectivity index (χ0v) is 3.83. The van der Waals surface area contributed by atoms with E-state index in [0.717, 1.165) is 0 Å². The Bertz CT molecular complexity index is 109. The predicted molar refractivity (Wildman–Crippen MR) is 21.9 cm³/mol. The Balaban J connectivity index is 2.02. The molecule has 2 nitrogen and oxygen atoms in total. The summed E-state index contributed by atoms with van der Waals surface area (Å²) in [7, 11) is 0. The van der Waals surface area contributed by atoms with Gasteiger partial charge in [-0.15, -0.1) is 0 Å². The molecule has 1 aliphatic carbocycles. The lowest BCUT2D eigenvalue weighted by Gasteiger charge is -1.78. The van der Waals surface area contributed by atoms with Crippen LogP contribution in [0.15, 0.2) is 0 Å². The normalized spacial score (nSPS) is 72.0. The van der Waals surface area contributed by atoms with Crippen molar-refractivity contribution in [1.29, 1.82) is 0 Å². The van der Waals surface area contributed by atoms with Crippen LogP contribution in [0.4, 0.5) is 0 Å². The maximum atomic E-state index is 5.18. The van der Waals surface area contributed by atoms with Crippen molar-refractivity contribution < 1.29 is 9.47 Å². The minimum Gasteiger partial charge on any atom is -0.367 e. The average molecular weight is 98.1 g/mol. The summed E-state index contributed by atoms with van der Waals surface area (Å²) in [6.45, 7) is 0. The van der Waals surface area contributed by atoms with Gasteiger partial charge in [-0.1, -0.05) is 0 Å². The molecule has 0 unspecified atom stereocenters. The fourth-order valence-electron chi connectivity index (χ4n) is 1.50. The molecular weight excluding hydrogens is 92.1 g/mol. The number of fused-ring (bicyclic) bond motifs is 3. The first-order valence-corrected chi connectivity index (χ1v) is 2.76. The van der Waals surface area contributed by atoms with Gasteiger partial charge in [-0.25, -0.2) is 0 Å². The van der Waals surface area contributed by atoms with E-state index < -0.39 is 0 Å². The number of hydrogen-bond acceptors (Lipinski definition) is 2. The highest BCUT2D eigenvalue weighted by atomic mass is 16.7. The third-order valence-electron chi connectivity index (χ3n) is 2.03. The van der Waals surface area contributed by atoms with Gasteiger partial charge in [0, 0.05) is 6.42 Å². The Morgan fingerprint density at radius 3 is 1.86 bits per heavy atom. The number of hydrogen-bond donors (Lipinski definition) is 0. The van der Waals surface area contributed by atoms with E-state index in [2.05, 4.69) is 0 Å². The van der Waals surface area contributed by atoms with Crippen molar-refractivity contribution in [3.05, 3.63) is 0 Å². The first-order valence-electron chi connectivity index (χ1n) is 2.76. The summed E-state index contributed by atoms with van der Waals surface area (Å²) in [6, 6.07) is 0. The van der Waals surface area contributed by atoms with Gasteiger partial charge in [0.25, 0.3) is 0 Å². The van der Waals surface area contributed by atoms with E-state index in [1.54, 1.807) is 0 Å². The molecule has 3 aliphatic rings. The lowest BCUT2D eigenvalue weighted by molar-refractivity contribution is 0.325. The molecule has 0 amide bonds. The first-order chi connectivity index (χ1) is 3.45. The summed E-state index contributed by atoms with van der Waals surface area (Å²) in [5, 5.41) is 0. The molecule has 2 aliphatic heterocycles. The second-order valence-corrected chi connectivity index (χ2v) is 2.51. The van der Waals surface area contributed by atoms with Gasteiger partial charge < -0.3 is 9.47 Å². The fourth-order valence-corrected chi connectivity index (χ4v) is 1.50. The van der Waals surface area contributed by atoms with Crippen molar-refractivity contribution in [2.24, 2.45) is 0 Å². The maximum Gasteiger partial charge on any atom is 0.113 e. The largest absolute Gasteiger partial charge is 0.367 e. The van der Waals surface area contributed by atoms with Gasteiger partial charge >= 0.3 is 0 Å². The summed E-state index contributed by atoms with van der Waals surface area (Å²) >= 11 is 0. The third kappa shape index (κ3) is 0.229. The molecule has 2 saturated heterocycles. The van der Waals surface area contributed by atoms with Gasteiger partial charge in [-0.05, 0) is 0 Å². The Morgan fingerprint density at radius 1 is 1.00 bits per heavy atom. The molecule has 0 aromatic rings. The summed E-state index contributed by atoms with van der Waals surface area (Å²) < 4.78 is 10.4. The topological polar surface area (TPSA) is 25.1 Å². The van der Waals surface area contributed by atoms with Crippen molar-refractivity contribution in [3.8, 4) is 0 Å². The average Bonchev–Trinajstić information content (AvgIpc) is 2.47. The van der Waals surface area contributed by atoms with Crippen molar-refractivity contribution in [2.45, 2.75) is 30.8 Å². The van der Waals surface area contributed by atoms with E-state index >= 15 is 0 Å². The fraction of sp³-hybridized carbons (Fsp3) is 1.00. The predicted octanol–water partition coefficient (Wildman–Crippen LogP) is -0.0751. The standard InChI is InChI=1S/C5H6O2/c1-2-4(6-2)5-3(1)7-5/h2-5H,1H2/t2-,3-,4-,5-/m1/s1. The van der Waals surface area contributed by atoms with Gasteiger partial charge in [0.15, 0.2) is 0 Å². The Labute approximate surface area is 41.4 Å². The minimum absolute atomic E-state index is 0.532. The van der Waals surface area contributed by atoms with Crippen LogP contribution >= 0.6 is 0 Å². The molecule has 0 aromatic carbocycles. The molecular formula is C5H6O2. The van der Waals surface area contributed by atoms with E-state index in [0.29, 0.717) is 24.4 Å². The van der Waals surface area contributed by atoms with Crippen molar-refractivity contribution in [1.82, 2.24) is 0 Å². The summed E-state index contributed by atoms with van der Waals surface area (Å²) in [5.41, 5.74) is 0. The van der Waals surface area contributed by atoms with Crippen molar-refractivity contribution in [3.63, 3.8) is 0 Å². The van der Waals surface area contributed by atoms with Gasteiger partial charge in [0.2, 0.25) is 0 Å². The van der Waals surface area contributed by atoms with Crippen LogP contribution in [0.1, 0.15) is 6.42 Å². The number of epoxide rings is 2. The zero-order valence-electron chi connectivity index (χ0n) is 3.83. The van der Waals surface area contributed by atoms with E-state index in [1.807, 2.05) is 0 Å². The lowest BCUT2D eigenvalue weighted by atomic mass is 10.4. The van der Waals surface area contributed by atoms with Crippen LogP contribution < -0.4 is 0 Å². The van der Waals surface area contributed by atoms with Gasteiger partial charge in [-0.2, -0.15) is 0 Å². The Kier molecular flexibility index (Phi) is 0.280. The molecule has 3 fully saturated rings. The Morgan fingerprint density at radius 2 is 1.57 bits per heavy atom. The number of ether oxygens (including phenoxy) is 2. The van der Waals surface area contributed by atoms with E-state index in [-0.39, 0.29) is 0 Å². The molecule has 0 bridgehead atoms. The lowest BCUT2D eigenvalue weighted by Crippen LogP contribution is -1.92. The highest BCUT2D eigenvalue weighted by Crippen LogP contribution is 2.50. The quantitative estimate of drug-likeness (QED) is 0.396. The van der Waals surface area contributed by atoms with Gasteiger partial charge in [-0.3, -0.25) is 0 Å². The smallest absolute Gasteiger partial charge is 0.113 e. The van der Waals surface area contributed by atoms with E-state index in [1.165, 1.54) is 6.42 Å². The summed E-state index contributed by atoms with van der Waals surface area (Å²) in [4.78, 5) is 0. The molecule has 0 aromatic heterocycles. The van der Waals surface area contributed by atoms with Crippen LogP contribution in [-0.2, 0) is 9.47 Å². The second kappa shape index (κ2) is 0.644. The molecule has 0 N–H and O–H groups in total. The third-order valence-corrected chi connectivity index (χ3v) is 2.03. The molecule has 0 spiro atoms. The molecule has 4 atom stereocenters. The van der Waals surface area contributed by atoms with Crippen LogP contribution in [0.2, 0.25) is 0 Å². The van der Waals surface area contributed by atoms with Gasteiger partial charge in [0.05, 0.1) is 12.2 Å². The first kappa shape index (κ1) is 3.05. The molecule has 3 rings (SSSR count). The highest BCUT2D eigenvalue weighted by Gasteiger charge is 2.65. The SMILES string of the molecule is C1[C@H]2O[C@H]2[C@@H]2O[C@H]12. The highest BCUT2D eigenvalue weighted by molar-refractivity contribution is 5.12. The molecule has 38 valence electrons. The molecule has 0 radical (unpaired) electrons. The minimum atomic E-state index is 0.532. The second-order valence-electron chi connectivity index (χ2n) is 2.51. The van der Waals surface area contributed by atoms with Crippen LogP contribution in [0.25, 0.3) is 0 Å². The van der Waals surface area contributed by atoms with Crippen LogP contribution in [-0.4, -0.2) is 24.4 Å². The monoisotopic (exact) mass is 98.0 g/mol. The van der Waals surface area contributed by atoms with Crippen LogP contribution in [0, 0.1) is 0 Å². The van der Waals surface area contributed by atoms with E-state index in [9.17, 15) is 0 Å². The Hall–Kier alpha value is -0.0800. The number of rotatable bonds is 0. The molecule has 1 saturated carbocycles. The maximum absolute atomic E-state index is 5.18. The van der Waals surface area contributed by atoms with Gasteiger partial charge in [0.1, 0.15) is 12.2 Å². The van der Waals surface area contributed by atoms with E-state index in [4.69, 9.17) is 9.47 Å². The molecule has 2 heteroatoms. The summed E-state index contributed by atoms with van der Waals surface area (Å²) in [6.07, 6.45) is 3.47. The van der Waals surface area contributed by atoms with Crippen LogP contribution in [0.5, 0.6) is 0 Å². The molecule has 7 heavy (non-hydrogen) atoms. The van der Waals surface area contributed by atoms with Crippen molar-refractivity contribution >= 4 is 0 Å². The van der Waals surface area contributed by atoms with Crippen LogP contribution in [0.3, 0.4) is 0 Å². The summed E-state index contributed by atoms with van der Waals surface area (Å²) in [5.74, 6) is 0. The zero-order chi connectivity index (χ0) is 4.43. The van der Waals surface area contributed by atoms with Crippen molar-refractivity contribution in [2.75, 3.05) is 0 Å².